The van der Waals surface area contributed by atoms with Crippen LogP contribution in [0.25, 0.3) is 11.3 Å². The van der Waals surface area contributed by atoms with Crippen molar-refractivity contribution in [3.63, 3.8) is 0 Å². The molecule has 134 valence electrons. The summed E-state index contributed by atoms with van der Waals surface area (Å²) in [6, 6.07) is 9.35. The lowest BCUT2D eigenvalue weighted by Crippen LogP contribution is -2.51. The number of carbonyl (C=O) groups excluding carboxylic acids is 1. The maximum Gasteiger partial charge on any atom is 0.289 e. The Bertz CT molecular complexity index is 726. The molecule has 2 heterocycles. The van der Waals surface area contributed by atoms with Crippen LogP contribution in [-0.2, 0) is 0 Å². The summed E-state index contributed by atoms with van der Waals surface area (Å²) in [6.45, 7) is 6.80. The third-order valence-electron chi connectivity index (χ3n) is 4.22. The Morgan fingerprint density at radius 2 is 1.76 bits per heavy atom. The Hall–Kier alpha value is -2.18. The molecular weight excluding hydrogens is 323 g/mol. The second-order valence-electron chi connectivity index (χ2n) is 7.05. The van der Waals surface area contributed by atoms with E-state index >= 15 is 0 Å². The van der Waals surface area contributed by atoms with Crippen LogP contribution in [0.5, 0.6) is 0 Å². The number of benzene rings is 1. The molecule has 1 aliphatic rings. The fourth-order valence-corrected chi connectivity index (χ4v) is 3.03. The lowest BCUT2D eigenvalue weighted by Gasteiger charge is -2.36. The van der Waals surface area contributed by atoms with Crippen molar-refractivity contribution in [2.45, 2.75) is 19.4 Å². The van der Waals surface area contributed by atoms with Gasteiger partial charge in [-0.1, -0.05) is 0 Å². The number of nitrogens with zero attached hydrogens (tertiary/aromatic N) is 2. The van der Waals surface area contributed by atoms with Crippen molar-refractivity contribution >= 4 is 5.91 Å². The molecular formula is C19H23FN2O3. The number of halogens is 1. The van der Waals surface area contributed by atoms with E-state index in [1.807, 2.05) is 0 Å². The minimum absolute atomic E-state index is 0.142. The first-order valence-corrected chi connectivity index (χ1v) is 8.42. The van der Waals surface area contributed by atoms with Gasteiger partial charge in [0.25, 0.3) is 5.91 Å². The van der Waals surface area contributed by atoms with Crippen molar-refractivity contribution in [3.05, 3.63) is 48.0 Å². The quantitative estimate of drug-likeness (QED) is 0.925. The average molecular weight is 346 g/mol. The van der Waals surface area contributed by atoms with Crippen LogP contribution < -0.4 is 0 Å². The van der Waals surface area contributed by atoms with Gasteiger partial charge in [0.05, 0.1) is 5.60 Å². The van der Waals surface area contributed by atoms with Gasteiger partial charge in [0.2, 0.25) is 0 Å². The van der Waals surface area contributed by atoms with Gasteiger partial charge in [0.15, 0.2) is 5.76 Å². The van der Waals surface area contributed by atoms with Gasteiger partial charge in [-0.2, -0.15) is 0 Å². The molecule has 1 N–H and O–H groups in total. The molecule has 0 saturated carbocycles. The van der Waals surface area contributed by atoms with E-state index in [4.69, 9.17) is 4.42 Å². The van der Waals surface area contributed by atoms with Crippen LogP contribution in [0, 0.1) is 5.82 Å². The SMILES string of the molecule is CC(C)(O)CN1CCN(C(=O)c2ccc(-c3ccc(F)cc3)o2)CC1. The van der Waals surface area contributed by atoms with Gasteiger partial charge in [-0.25, -0.2) is 4.39 Å². The Balaban J connectivity index is 1.62. The summed E-state index contributed by atoms with van der Waals surface area (Å²) in [6.07, 6.45) is 0. The fraction of sp³-hybridized carbons (Fsp3) is 0.421. The van der Waals surface area contributed by atoms with Crippen molar-refractivity contribution in [1.29, 1.82) is 0 Å². The van der Waals surface area contributed by atoms with Crippen molar-refractivity contribution in [2.24, 2.45) is 0 Å². The van der Waals surface area contributed by atoms with Crippen LogP contribution in [0.4, 0.5) is 4.39 Å². The Kier molecular flexibility index (Phi) is 4.92. The summed E-state index contributed by atoms with van der Waals surface area (Å²) in [5.41, 5.74) is -0.00694. The molecule has 6 heteroatoms. The molecule has 3 rings (SSSR count). The summed E-state index contributed by atoms with van der Waals surface area (Å²) in [5.74, 6) is 0.381. The highest BCUT2D eigenvalue weighted by atomic mass is 19.1. The van der Waals surface area contributed by atoms with Crippen molar-refractivity contribution in [3.8, 4) is 11.3 Å². The minimum atomic E-state index is -0.739. The standard InChI is InChI=1S/C19H23FN2O3/c1-19(2,24)13-21-9-11-22(12-10-21)18(23)17-8-7-16(25-17)14-3-5-15(20)6-4-14/h3-8,24H,9-13H2,1-2H3. The van der Waals surface area contributed by atoms with E-state index in [2.05, 4.69) is 4.90 Å². The lowest BCUT2D eigenvalue weighted by atomic mass is 10.1. The molecule has 0 aliphatic carbocycles. The summed E-state index contributed by atoms with van der Waals surface area (Å²) >= 11 is 0. The van der Waals surface area contributed by atoms with Gasteiger partial charge >= 0.3 is 0 Å². The van der Waals surface area contributed by atoms with E-state index in [1.54, 1.807) is 43.0 Å². The van der Waals surface area contributed by atoms with E-state index in [9.17, 15) is 14.3 Å². The molecule has 0 radical (unpaired) electrons. The van der Waals surface area contributed by atoms with Gasteiger partial charge in [-0.05, 0) is 50.2 Å². The number of hydrogen-bond acceptors (Lipinski definition) is 4. The van der Waals surface area contributed by atoms with Crippen LogP contribution in [0.15, 0.2) is 40.8 Å². The summed E-state index contributed by atoms with van der Waals surface area (Å²) in [7, 11) is 0. The van der Waals surface area contributed by atoms with E-state index in [0.29, 0.717) is 25.4 Å². The molecule has 2 aromatic rings. The minimum Gasteiger partial charge on any atom is -0.451 e. The van der Waals surface area contributed by atoms with E-state index in [-0.39, 0.29) is 17.5 Å². The topological polar surface area (TPSA) is 56.9 Å². The zero-order chi connectivity index (χ0) is 18.0. The number of amides is 1. The highest BCUT2D eigenvalue weighted by Gasteiger charge is 2.27. The third-order valence-corrected chi connectivity index (χ3v) is 4.22. The normalized spacial score (nSPS) is 16.2. The number of piperazine rings is 1. The number of carbonyl (C=O) groups is 1. The molecule has 0 bridgehead atoms. The fourth-order valence-electron chi connectivity index (χ4n) is 3.03. The maximum absolute atomic E-state index is 13.0. The van der Waals surface area contributed by atoms with Crippen LogP contribution in [-0.4, -0.2) is 59.1 Å². The van der Waals surface area contributed by atoms with Crippen LogP contribution in [0.1, 0.15) is 24.4 Å². The van der Waals surface area contributed by atoms with E-state index in [1.165, 1.54) is 12.1 Å². The number of β-amino-alcohol motifs (C(OH)–C–C–N with tert-alkyl or cyclic N) is 1. The average Bonchev–Trinajstić information content (AvgIpc) is 3.04. The summed E-state index contributed by atoms with van der Waals surface area (Å²) in [5, 5.41) is 9.89. The van der Waals surface area contributed by atoms with Gasteiger partial charge in [0.1, 0.15) is 11.6 Å². The summed E-state index contributed by atoms with van der Waals surface area (Å²) < 4.78 is 18.7. The van der Waals surface area contributed by atoms with Gasteiger partial charge in [-0.15, -0.1) is 0 Å². The van der Waals surface area contributed by atoms with Crippen LogP contribution in [0.3, 0.4) is 0 Å². The summed E-state index contributed by atoms with van der Waals surface area (Å²) in [4.78, 5) is 16.5. The molecule has 1 aromatic heterocycles. The molecule has 1 aliphatic heterocycles. The van der Waals surface area contributed by atoms with Crippen LogP contribution in [0.2, 0.25) is 0 Å². The highest BCUT2D eigenvalue weighted by Crippen LogP contribution is 2.23. The molecule has 0 unspecified atom stereocenters. The number of furan rings is 1. The second kappa shape index (κ2) is 6.98. The lowest BCUT2D eigenvalue weighted by molar-refractivity contribution is 0.0172. The molecule has 0 atom stereocenters. The zero-order valence-electron chi connectivity index (χ0n) is 14.5. The Labute approximate surface area is 146 Å². The molecule has 1 saturated heterocycles. The highest BCUT2D eigenvalue weighted by molar-refractivity contribution is 5.92. The van der Waals surface area contributed by atoms with Crippen molar-refractivity contribution in [1.82, 2.24) is 9.80 Å². The number of hydrogen-bond donors (Lipinski definition) is 1. The Morgan fingerprint density at radius 1 is 1.12 bits per heavy atom. The van der Waals surface area contributed by atoms with Gasteiger partial charge in [-0.3, -0.25) is 9.69 Å². The largest absolute Gasteiger partial charge is 0.451 e. The molecule has 25 heavy (non-hydrogen) atoms. The first-order valence-electron chi connectivity index (χ1n) is 8.42. The smallest absolute Gasteiger partial charge is 0.289 e. The predicted octanol–water partition coefficient (Wildman–Crippen LogP) is 2.61. The molecule has 1 fully saturated rings. The first kappa shape index (κ1) is 17.6. The monoisotopic (exact) mass is 346 g/mol. The zero-order valence-corrected chi connectivity index (χ0v) is 14.5. The van der Waals surface area contributed by atoms with Gasteiger partial charge in [0, 0.05) is 38.3 Å². The van der Waals surface area contributed by atoms with Crippen LogP contribution >= 0.6 is 0 Å². The maximum atomic E-state index is 13.0. The molecule has 1 amide bonds. The Morgan fingerprint density at radius 3 is 2.36 bits per heavy atom. The predicted molar refractivity (Wildman–Crippen MR) is 92.7 cm³/mol. The van der Waals surface area contributed by atoms with E-state index < -0.39 is 5.60 Å². The van der Waals surface area contributed by atoms with Crippen molar-refractivity contribution < 1.29 is 18.7 Å². The number of aliphatic hydroxyl groups is 1. The number of rotatable bonds is 4. The van der Waals surface area contributed by atoms with Gasteiger partial charge < -0.3 is 14.4 Å². The third kappa shape index (κ3) is 4.46. The van der Waals surface area contributed by atoms with E-state index in [0.717, 1.165) is 18.7 Å². The second-order valence-corrected chi connectivity index (χ2v) is 7.05. The van der Waals surface area contributed by atoms with Crippen molar-refractivity contribution in [2.75, 3.05) is 32.7 Å². The first-order chi connectivity index (χ1) is 11.8. The molecule has 5 nitrogen and oxygen atoms in total. The molecule has 0 spiro atoms. The molecule has 1 aromatic carbocycles.